The lowest BCUT2D eigenvalue weighted by molar-refractivity contribution is -0.161. The summed E-state index contributed by atoms with van der Waals surface area (Å²) in [5.41, 5.74) is 0. The molecule has 7 atom stereocenters. The summed E-state index contributed by atoms with van der Waals surface area (Å²) in [7, 11) is -9.93. The Bertz CT molecular complexity index is 1980. The van der Waals surface area contributed by atoms with Gasteiger partial charge in [-0.1, -0.05) is 382 Å². The summed E-state index contributed by atoms with van der Waals surface area (Å²) in [6.45, 7) is 12.0. The van der Waals surface area contributed by atoms with E-state index in [4.69, 9.17) is 37.0 Å². The van der Waals surface area contributed by atoms with Gasteiger partial charge in [-0.15, -0.1) is 0 Å². The zero-order valence-corrected chi connectivity index (χ0v) is 68.9. The van der Waals surface area contributed by atoms with E-state index in [2.05, 4.69) is 48.5 Å². The topological polar surface area (TPSA) is 237 Å². The number of unbranched alkanes of at least 4 members (excludes halogenated alkanes) is 47. The fraction of sp³-hybridized carbons (Fsp3) is 0.952. The Kier molecular flexibility index (Phi) is 71.8. The van der Waals surface area contributed by atoms with Crippen molar-refractivity contribution in [3.05, 3.63) is 0 Å². The molecule has 102 heavy (non-hydrogen) atoms. The number of phosphoric ester groups is 2. The molecule has 0 spiro atoms. The van der Waals surface area contributed by atoms with Gasteiger partial charge in [-0.25, -0.2) is 9.13 Å². The van der Waals surface area contributed by atoms with Crippen molar-refractivity contribution in [2.24, 2.45) is 17.8 Å². The second-order valence-electron chi connectivity index (χ2n) is 30.8. The molecule has 19 heteroatoms. The van der Waals surface area contributed by atoms with Crippen molar-refractivity contribution >= 4 is 39.5 Å². The number of carbonyl (C=O) groups is 4. The van der Waals surface area contributed by atoms with Crippen molar-refractivity contribution in [3.8, 4) is 0 Å². The highest BCUT2D eigenvalue weighted by atomic mass is 31.2. The van der Waals surface area contributed by atoms with Crippen LogP contribution < -0.4 is 0 Å². The minimum absolute atomic E-state index is 0.108. The van der Waals surface area contributed by atoms with E-state index in [1.165, 1.54) is 244 Å². The van der Waals surface area contributed by atoms with Crippen LogP contribution in [0.25, 0.3) is 0 Å². The molecular weight excluding hydrogens is 1330 g/mol. The van der Waals surface area contributed by atoms with Crippen molar-refractivity contribution in [2.75, 3.05) is 39.6 Å². The summed E-state index contributed by atoms with van der Waals surface area (Å²) < 4.78 is 68.8. The number of ether oxygens (including phenoxy) is 4. The molecule has 0 rings (SSSR count). The van der Waals surface area contributed by atoms with E-state index in [1.54, 1.807) is 0 Å². The Hall–Kier alpha value is -1.94. The predicted octanol–water partition coefficient (Wildman–Crippen LogP) is 24.9. The molecule has 0 aromatic rings. The number of aliphatic hydroxyl groups is 1. The third-order valence-corrected chi connectivity index (χ3v) is 22.0. The summed E-state index contributed by atoms with van der Waals surface area (Å²) in [6, 6.07) is 0. The number of rotatable bonds is 81. The maximum atomic E-state index is 13.1. The van der Waals surface area contributed by atoms with Crippen LogP contribution in [0, 0.1) is 17.8 Å². The smallest absolute Gasteiger partial charge is 0.462 e. The van der Waals surface area contributed by atoms with Crippen LogP contribution in [0.3, 0.4) is 0 Å². The molecule has 0 bridgehead atoms. The predicted molar refractivity (Wildman–Crippen MR) is 418 cm³/mol. The maximum Gasteiger partial charge on any atom is 0.472 e. The number of hydrogen-bond acceptors (Lipinski definition) is 15. The zero-order valence-electron chi connectivity index (χ0n) is 67.1. The Labute approximate surface area is 626 Å². The van der Waals surface area contributed by atoms with E-state index in [0.717, 1.165) is 108 Å². The molecule has 0 fully saturated rings. The van der Waals surface area contributed by atoms with Crippen LogP contribution in [0.2, 0.25) is 0 Å². The van der Waals surface area contributed by atoms with E-state index in [9.17, 15) is 43.2 Å². The standard InChI is InChI=1S/C83H162O17P2/c1-8-11-12-13-14-15-16-17-18-26-31-36-45-52-59-66-83(88)100-79(71-94-81(86)65-58-51-44-39-38-42-49-56-63-76(7)10-3)73-98-102(91,92)96-69-77(84)68-95-101(89,90)97-72-78(70-93-80(85)64-57-50-43-35-30-25-21-19-23-28-33-40-47-54-61-74(4)5)99-82(87)67-60-53-46-37-32-27-22-20-24-29-34-41-48-55-62-75(6)9-2/h74-79,84H,8-73H2,1-7H3,(H,89,90)(H,91,92)/t75?,76?,77-,78-,79-/m1/s1. The minimum Gasteiger partial charge on any atom is -0.462 e. The molecule has 0 aromatic carbocycles. The molecule has 0 heterocycles. The molecule has 0 saturated carbocycles. The first-order valence-electron chi connectivity index (χ1n) is 42.9. The van der Waals surface area contributed by atoms with E-state index in [0.29, 0.717) is 25.7 Å². The van der Waals surface area contributed by atoms with E-state index in [1.807, 2.05) is 0 Å². The molecule has 0 radical (unpaired) electrons. The molecule has 0 aliphatic rings. The molecule has 0 aliphatic carbocycles. The van der Waals surface area contributed by atoms with Gasteiger partial charge in [-0.2, -0.15) is 0 Å². The van der Waals surface area contributed by atoms with Gasteiger partial charge in [-0.3, -0.25) is 37.3 Å². The average Bonchev–Trinajstić information content (AvgIpc) is 0.959. The highest BCUT2D eigenvalue weighted by molar-refractivity contribution is 7.47. The molecule has 0 aromatic heterocycles. The summed E-state index contributed by atoms with van der Waals surface area (Å²) in [6.07, 6.45) is 62.2. The molecule has 0 amide bonds. The SMILES string of the molecule is CCCCCCCCCCCCCCCCCC(=O)O[C@H](COC(=O)CCCCCCCCCCC(C)CC)COP(=O)(O)OC[C@H](O)COP(=O)(O)OC[C@@H](COC(=O)CCCCCCCCCCCCCCCCC(C)C)OC(=O)CCCCCCCCCCCCCCCCC(C)CC. The highest BCUT2D eigenvalue weighted by Gasteiger charge is 2.30. The number of carbonyl (C=O) groups excluding carboxylic acids is 4. The third kappa shape index (κ3) is 73.6. The van der Waals surface area contributed by atoms with Gasteiger partial charge >= 0.3 is 39.5 Å². The quantitative estimate of drug-likeness (QED) is 0.0222. The molecule has 0 saturated heterocycles. The lowest BCUT2D eigenvalue weighted by Crippen LogP contribution is -2.30. The maximum absolute atomic E-state index is 13.1. The van der Waals surface area contributed by atoms with Gasteiger partial charge in [0.2, 0.25) is 0 Å². The molecule has 4 unspecified atom stereocenters. The van der Waals surface area contributed by atoms with Crippen molar-refractivity contribution < 1.29 is 80.2 Å². The van der Waals surface area contributed by atoms with Crippen LogP contribution in [0.15, 0.2) is 0 Å². The van der Waals surface area contributed by atoms with Gasteiger partial charge < -0.3 is 33.8 Å². The largest absolute Gasteiger partial charge is 0.472 e. The molecule has 17 nitrogen and oxygen atoms in total. The Balaban J connectivity index is 5.27. The molecule has 606 valence electrons. The van der Waals surface area contributed by atoms with Gasteiger partial charge in [-0.05, 0) is 43.4 Å². The van der Waals surface area contributed by atoms with E-state index >= 15 is 0 Å². The first kappa shape index (κ1) is 100. The number of aliphatic hydroxyl groups excluding tert-OH is 1. The van der Waals surface area contributed by atoms with Gasteiger partial charge in [0.15, 0.2) is 12.2 Å². The van der Waals surface area contributed by atoms with Crippen molar-refractivity contribution in [3.63, 3.8) is 0 Å². The lowest BCUT2D eigenvalue weighted by atomic mass is 9.99. The van der Waals surface area contributed by atoms with Crippen LogP contribution in [-0.2, 0) is 65.4 Å². The van der Waals surface area contributed by atoms with Crippen LogP contribution in [-0.4, -0.2) is 96.7 Å². The number of esters is 4. The zero-order chi connectivity index (χ0) is 75.1. The molecular formula is C83H162O17P2. The fourth-order valence-corrected chi connectivity index (χ4v) is 14.4. The highest BCUT2D eigenvalue weighted by Crippen LogP contribution is 2.45. The summed E-state index contributed by atoms with van der Waals surface area (Å²) in [4.78, 5) is 73.2. The average molecular weight is 1490 g/mol. The second kappa shape index (κ2) is 73.2. The first-order valence-corrected chi connectivity index (χ1v) is 45.9. The van der Waals surface area contributed by atoms with E-state index in [-0.39, 0.29) is 25.7 Å². The van der Waals surface area contributed by atoms with E-state index < -0.39 is 97.5 Å². The summed E-state index contributed by atoms with van der Waals surface area (Å²) in [5, 5.41) is 10.7. The van der Waals surface area contributed by atoms with Crippen LogP contribution in [0.5, 0.6) is 0 Å². The Morgan fingerprint density at radius 2 is 0.500 bits per heavy atom. The Morgan fingerprint density at radius 3 is 0.745 bits per heavy atom. The summed E-state index contributed by atoms with van der Waals surface area (Å²) in [5.74, 6) is 0.316. The normalized spacial score (nSPS) is 14.5. The Morgan fingerprint density at radius 1 is 0.284 bits per heavy atom. The van der Waals surface area contributed by atoms with Crippen molar-refractivity contribution in [1.82, 2.24) is 0 Å². The van der Waals surface area contributed by atoms with Crippen LogP contribution >= 0.6 is 15.6 Å². The number of phosphoric acid groups is 2. The van der Waals surface area contributed by atoms with Gasteiger partial charge in [0, 0.05) is 25.7 Å². The first-order chi connectivity index (χ1) is 49.3. The van der Waals surface area contributed by atoms with Gasteiger partial charge in [0.25, 0.3) is 0 Å². The van der Waals surface area contributed by atoms with Crippen molar-refractivity contribution in [2.45, 2.75) is 452 Å². The van der Waals surface area contributed by atoms with Crippen LogP contribution in [0.1, 0.15) is 434 Å². The molecule has 3 N–H and O–H groups in total. The molecule has 0 aliphatic heterocycles. The number of hydrogen-bond donors (Lipinski definition) is 3. The van der Waals surface area contributed by atoms with Crippen molar-refractivity contribution in [1.29, 1.82) is 0 Å². The second-order valence-corrected chi connectivity index (χ2v) is 33.7. The monoisotopic (exact) mass is 1490 g/mol. The van der Waals surface area contributed by atoms with Gasteiger partial charge in [0.1, 0.15) is 19.3 Å². The van der Waals surface area contributed by atoms with Gasteiger partial charge in [0.05, 0.1) is 26.4 Å². The lowest BCUT2D eigenvalue weighted by Gasteiger charge is -2.21. The van der Waals surface area contributed by atoms with Crippen LogP contribution in [0.4, 0.5) is 0 Å². The minimum atomic E-state index is -4.96. The third-order valence-electron chi connectivity index (χ3n) is 20.1. The summed E-state index contributed by atoms with van der Waals surface area (Å²) >= 11 is 0. The fourth-order valence-electron chi connectivity index (χ4n) is 12.8.